The molecular formula is C15H21N7O. The van der Waals surface area contributed by atoms with Gasteiger partial charge in [0.2, 0.25) is 0 Å². The zero-order valence-corrected chi connectivity index (χ0v) is 13.4. The highest BCUT2D eigenvalue weighted by atomic mass is 16.2. The summed E-state index contributed by atoms with van der Waals surface area (Å²) in [6, 6.07) is 1.82. The van der Waals surface area contributed by atoms with E-state index in [-0.39, 0.29) is 6.03 Å². The second-order valence-electron chi connectivity index (χ2n) is 5.88. The topological polar surface area (TPSA) is 88.0 Å². The van der Waals surface area contributed by atoms with Crippen molar-refractivity contribution in [3.8, 4) is 0 Å². The van der Waals surface area contributed by atoms with Gasteiger partial charge in [0.05, 0.1) is 17.9 Å². The van der Waals surface area contributed by atoms with Gasteiger partial charge in [-0.15, -0.1) is 0 Å². The van der Waals surface area contributed by atoms with Gasteiger partial charge in [-0.2, -0.15) is 5.10 Å². The third-order valence-electron chi connectivity index (χ3n) is 3.91. The molecule has 2 N–H and O–H groups in total. The minimum Gasteiger partial charge on any atom is -0.363 e. The van der Waals surface area contributed by atoms with E-state index in [1.54, 1.807) is 12.3 Å². The van der Waals surface area contributed by atoms with E-state index in [0.29, 0.717) is 17.5 Å². The van der Waals surface area contributed by atoms with Crippen molar-refractivity contribution < 1.29 is 4.79 Å². The molecule has 1 aliphatic rings. The van der Waals surface area contributed by atoms with Crippen molar-refractivity contribution in [1.82, 2.24) is 19.7 Å². The van der Waals surface area contributed by atoms with Gasteiger partial charge in [0.25, 0.3) is 0 Å². The molecule has 0 saturated heterocycles. The number of aromatic nitrogens is 4. The maximum absolute atomic E-state index is 12.1. The van der Waals surface area contributed by atoms with E-state index in [4.69, 9.17) is 0 Å². The zero-order chi connectivity index (χ0) is 16.2. The summed E-state index contributed by atoms with van der Waals surface area (Å²) in [4.78, 5) is 22.1. The molecule has 2 heterocycles. The van der Waals surface area contributed by atoms with Crippen molar-refractivity contribution in [2.45, 2.75) is 31.7 Å². The van der Waals surface area contributed by atoms with E-state index >= 15 is 0 Å². The third kappa shape index (κ3) is 3.77. The van der Waals surface area contributed by atoms with Gasteiger partial charge in [0.1, 0.15) is 18.0 Å². The second-order valence-corrected chi connectivity index (χ2v) is 5.88. The largest absolute Gasteiger partial charge is 0.363 e. The number of hydrogen-bond donors (Lipinski definition) is 2. The quantitative estimate of drug-likeness (QED) is 0.905. The number of anilines is 3. The summed E-state index contributed by atoms with van der Waals surface area (Å²) in [7, 11) is 3.76. The van der Waals surface area contributed by atoms with Crippen LogP contribution in [0, 0.1) is 0 Å². The molecule has 8 heteroatoms. The van der Waals surface area contributed by atoms with E-state index < -0.39 is 0 Å². The highest BCUT2D eigenvalue weighted by Gasteiger charge is 2.18. The number of amides is 2. The highest BCUT2D eigenvalue weighted by Crippen LogP contribution is 2.29. The molecule has 1 aliphatic carbocycles. The molecule has 0 aliphatic heterocycles. The lowest BCUT2D eigenvalue weighted by molar-refractivity contribution is 0.262. The minimum absolute atomic E-state index is 0.348. The van der Waals surface area contributed by atoms with E-state index in [2.05, 4.69) is 25.7 Å². The monoisotopic (exact) mass is 315 g/mol. The van der Waals surface area contributed by atoms with Crippen LogP contribution in [-0.4, -0.2) is 39.9 Å². The Morgan fingerprint density at radius 2 is 2.04 bits per heavy atom. The van der Waals surface area contributed by atoms with Gasteiger partial charge in [-0.1, -0.05) is 12.8 Å². The molecule has 1 saturated carbocycles. The van der Waals surface area contributed by atoms with Crippen molar-refractivity contribution in [2.75, 3.05) is 29.6 Å². The molecular weight excluding hydrogens is 294 g/mol. The first-order valence-corrected chi connectivity index (χ1v) is 7.73. The summed E-state index contributed by atoms with van der Waals surface area (Å²) in [5.41, 5.74) is 0.677. The number of hydrogen-bond acceptors (Lipinski definition) is 5. The zero-order valence-electron chi connectivity index (χ0n) is 13.4. The molecule has 2 aromatic heterocycles. The van der Waals surface area contributed by atoms with Crippen molar-refractivity contribution in [2.24, 2.45) is 0 Å². The lowest BCUT2D eigenvalue weighted by Crippen LogP contribution is -2.20. The molecule has 2 aromatic rings. The first kappa shape index (κ1) is 15.3. The van der Waals surface area contributed by atoms with Crippen molar-refractivity contribution >= 4 is 23.4 Å². The molecule has 8 nitrogen and oxygen atoms in total. The average molecular weight is 315 g/mol. The third-order valence-corrected chi connectivity index (χ3v) is 3.91. The van der Waals surface area contributed by atoms with Crippen LogP contribution in [-0.2, 0) is 0 Å². The van der Waals surface area contributed by atoms with Crippen molar-refractivity contribution in [3.05, 3.63) is 24.8 Å². The van der Waals surface area contributed by atoms with Gasteiger partial charge in [-0.05, 0) is 12.8 Å². The maximum Gasteiger partial charge on any atom is 0.324 e. The van der Waals surface area contributed by atoms with Gasteiger partial charge >= 0.3 is 6.03 Å². The van der Waals surface area contributed by atoms with E-state index in [0.717, 1.165) is 18.7 Å². The lowest BCUT2D eigenvalue weighted by atomic mass is 10.3. The fraction of sp³-hybridized carbons (Fsp3) is 0.467. The van der Waals surface area contributed by atoms with Gasteiger partial charge in [-0.3, -0.25) is 10.00 Å². The Bertz CT molecular complexity index is 676. The van der Waals surface area contributed by atoms with Crippen LogP contribution in [0.5, 0.6) is 0 Å². The van der Waals surface area contributed by atoms with Crippen molar-refractivity contribution in [1.29, 1.82) is 0 Å². The number of carbonyl (C=O) groups excluding carboxylic acids is 1. The SMILES string of the molecule is CN(C)c1cc(NC(=O)Nc2cnn(C3CCCC3)c2)ncn1. The number of rotatable bonds is 4. The first-order valence-electron chi connectivity index (χ1n) is 7.73. The van der Waals surface area contributed by atoms with Crippen LogP contribution in [0.2, 0.25) is 0 Å². The van der Waals surface area contributed by atoms with Gasteiger partial charge < -0.3 is 10.2 Å². The molecule has 23 heavy (non-hydrogen) atoms. The van der Waals surface area contributed by atoms with E-state index in [9.17, 15) is 4.79 Å². The lowest BCUT2D eigenvalue weighted by Gasteiger charge is -2.12. The van der Waals surface area contributed by atoms with Gasteiger partial charge in [0.15, 0.2) is 0 Å². The summed E-state index contributed by atoms with van der Waals surface area (Å²) in [6.07, 6.45) is 9.77. The number of carbonyl (C=O) groups is 1. The molecule has 0 radical (unpaired) electrons. The predicted molar refractivity (Wildman–Crippen MR) is 88.7 cm³/mol. The van der Waals surface area contributed by atoms with Crippen LogP contribution in [0.4, 0.5) is 22.1 Å². The molecule has 0 aromatic carbocycles. The Morgan fingerprint density at radius 3 is 2.78 bits per heavy atom. The summed E-state index contributed by atoms with van der Waals surface area (Å²) in [5.74, 6) is 1.17. The van der Waals surface area contributed by atoms with E-state index in [1.807, 2.05) is 29.9 Å². The molecule has 2 amide bonds. The van der Waals surface area contributed by atoms with Gasteiger partial charge in [-0.25, -0.2) is 14.8 Å². The Morgan fingerprint density at radius 1 is 1.26 bits per heavy atom. The highest BCUT2D eigenvalue weighted by molar-refractivity contribution is 5.99. The Kier molecular flexibility index (Phi) is 4.40. The van der Waals surface area contributed by atoms with Crippen molar-refractivity contribution in [3.63, 3.8) is 0 Å². The van der Waals surface area contributed by atoms with Crippen LogP contribution in [0.25, 0.3) is 0 Å². The first-order chi connectivity index (χ1) is 11.1. The average Bonchev–Trinajstić information content (AvgIpc) is 3.18. The number of nitrogens with one attached hydrogen (secondary N) is 2. The molecule has 0 spiro atoms. The van der Waals surface area contributed by atoms with Gasteiger partial charge in [0, 0.05) is 26.4 Å². The summed E-state index contributed by atoms with van der Waals surface area (Å²) >= 11 is 0. The predicted octanol–water partition coefficient (Wildman–Crippen LogP) is 2.50. The van der Waals surface area contributed by atoms with E-state index in [1.165, 1.54) is 19.2 Å². The smallest absolute Gasteiger partial charge is 0.324 e. The molecule has 122 valence electrons. The minimum atomic E-state index is -0.348. The molecule has 0 unspecified atom stereocenters. The van der Waals surface area contributed by atoms with Crippen LogP contribution in [0.15, 0.2) is 24.8 Å². The molecule has 1 fully saturated rings. The van der Waals surface area contributed by atoms with Crippen LogP contribution in [0.3, 0.4) is 0 Å². The Hall–Kier alpha value is -2.64. The Balaban J connectivity index is 1.60. The van der Waals surface area contributed by atoms with Crippen LogP contribution >= 0.6 is 0 Å². The molecule has 0 bridgehead atoms. The molecule has 0 atom stereocenters. The summed E-state index contributed by atoms with van der Waals surface area (Å²) in [5, 5.41) is 9.81. The Labute approximate surface area is 134 Å². The van der Waals surface area contributed by atoms with Crippen LogP contribution in [0.1, 0.15) is 31.7 Å². The fourth-order valence-corrected chi connectivity index (χ4v) is 2.71. The normalized spacial score (nSPS) is 14.7. The maximum atomic E-state index is 12.1. The van der Waals surface area contributed by atoms with Crippen LogP contribution < -0.4 is 15.5 Å². The second kappa shape index (κ2) is 6.64. The standard InChI is InChI=1S/C15H21N7O/c1-21(2)14-7-13(16-10-17-14)20-15(23)19-11-8-18-22(9-11)12-5-3-4-6-12/h7-10,12H,3-6H2,1-2H3,(H2,16,17,19,20,23). The summed E-state index contributed by atoms with van der Waals surface area (Å²) < 4.78 is 1.94. The molecule has 3 rings (SSSR count). The number of urea groups is 1. The fourth-order valence-electron chi connectivity index (χ4n) is 2.71. The summed E-state index contributed by atoms with van der Waals surface area (Å²) in [6.45, 7) is 0. The number of nitrogens with zero attached hydrogens (tertiary/aromatic N) is 5.